The second-order valence-corrected chi connectivity index (χ2v) is 14.5. The van der Waals surface area contributed by atoms with Crippen LogP contribution < -0.4 is 0 Å². The van der Waals surface area contributed by atoms with Crippen LogP contribution in [0.1, 0.15) is 0 Å². The fourth-order valence-electron chi connectivity index (χ4n) is 7.97. The van der Waals surface area contributed by atoms with Gasteiger partial charge >= 0.3 is 0 Å². The Balaban J connectivity index is 1.10. The van der Waals surface area contributed by atoms with Crippen molar-refractivity contribution in [1.82, 2.24) is 15.0 Å². The van der Waals surface area contributed by atoms with Gasteiger partial charge in [-0.05, 0) is 91.3 Å². The number of hydrogen-bond donors (Lipinski definition) is 0. The first kappa shape index (κ1) is 32.7. The molecule has 4 nitrogen and oxygen atoms in total. The monoisotopic (exact) mass is 727 g/mol. The van der Waals surface area contributed by atoms with Crippen molar-refractivity contribution in [3.05, 3.63) is 200 Å². The molecule has 0 radical (unpaired) electrons. The molecule has 11 rings (SSSR count). The van der Waals surface area contributed by atoms with E-state index >= 15 is 0 Å². The fourth-order valence-corrected chi connectivity index (χ4v) is 7.97. The summed E-state index contributed by atoms with van der Waals surface area (Å²) in [5, 5.41) is 6.74. The number of furan rings is 1. The number of aromatic nitrogens is 3. The van der Waals surface area contributed by atoms with Crippen molar-refractivity contribution >= 4 is 43.5 Å². The van der Waals surface area contributed by atoms with Crippen LogP contribution in [0.25, 0.3) is 111 Å². The van der Waals surface area contributed by atoms with Crippen molar-refractivity contribution in [3.8, 4) is 67.5 Å². The molecule has 57 heavy (non-hydrogen) atoms. The minimum atomic E-state index is 0.575. The molecular weight excluding hydrogens is 695 g/mol. The highest BCUT2D eigenvalue weighted by atomic mass is 16.3. The van der Waals surface area contributed by atoms with Gasteiger partial charge in [0.2, 0.25) is 0 Å². The predicted octanol–water partition coefficient (Wildman–Crippen LogP) is 14.1. The third-order valence-electron chi connectivity index (χ3n) is 10.9. The number of fused-ring (bicyclic) bond motifs is 5. The lowest BCUT2D eigenvalue weighted by Crippen LogP contribution is -2.00. The van der Waals surface area contributed by atoms with Crippen molar-refractivity contribution in [2.45, 2.75) is 0 Å². The summed E-state index contributed by atoms with van der Waals surface area (Å²) in [6.45, 7) is 0. The van der Waals surface area contributed by atoms with Crippen molar-refractivity contribution in [3.63, 3.8) is 0 Å². The lowest BCUT2D eigenvalue weighted by Gasteiger charge is -2.12. The molecule has 0 saturated heterocycles. The number of nitrogens with zero attached hydrogens (tertiary/aromatic N) is 3. The first-order chi connectivity index (χ1) is 28.2. The second-order valence-electron chi connectivity index (χ2n) is 14.5. The minimum Gasteiger partial charge on any atom is -0.456 e. The van der Waals surface area contributed by atoms with Gasteiger partial charge < -0.3 is 4.42 Å². The summed E-state index contributed by atoms with van der Waals surface area (Å²) in [6.07, 6.45) is 0. The van der Waals surface area contributed by atoms with Gasteiger partial charge in [0, 0.05) is 27.5 Å². The van der Waals surface area contributed by atoms with Crippen molar-refractivity contribution < 1.29 is 4.42 Å². The van der Waals surface area contributed by atoms with Crippen LogP contribution in [-0.4, -0.2) is 15.0 Å². The lowest BCUT2D eigenvalue weighted by molar-refractivity contribution is 0.669. The summed E-state index contributed by atoms with van der Waals surface area (Å²) < 4.78 is 6.69. The Labute approximate surface area is 329 Å². The average Bonchev–Trinajstić information content (AvgIpc) is 3.65. The number of benzene rings is 9. The third-order valence-corrected chi connectivity index (χ3v) is 10.9. The van der Waals surface area contributed by atoms with Gasteiger partial charge in [-0.2, -0.15) is 0 Å². The molecule has 11 aromatic rings. The van der Waals surface area contributed by atoms with E-state index in [-0.39, 0.29) is 0 Å². The molecule has 0 N–H and O–H groups in total. The standard InChI is InChI=1S/C53H33N3O/c1-4-12-34(13-5-1)36-20-22-38(23-21-36)51-54-52(44-27-26-42-28-41(24-25-43(42)29-44)35-14-6-2-7-15-35)56-53(55-51)45-31-46(37-16-8-3-9-17-37)50-47-30-39-18-10-11-19-40(39)32-48(47)57-49(50)33-45/h1-33H. The molecule has 2 aromatic heterocycles. The molecule has 0 unspecified atom stereocenters. The maximum atomic E-state index is 6.69. The van der Waals surface area contributed by atoms with E-state index in [2.05, 4.69) is 182 Å². The molecule has 0 aliphatic carbocycles. The Morgan fingerprint density at radius 1 is 0.281 bits per heavy atom. The van der Waals surface area contributed by atoms with E-state index in [0.29, 0.717) is 17.5 Å². The molecule has 0 aliphatic rings. The average molecular weight is 728 g/mol. The van der Waals surface area contributed by atoms with E-state index in [0.717, 1.165) is 77.0 Å². The summed E-state index contributed by atoms with van der Waals surface area (Å²) in [6, 6.07) is 70.0. The van der Waals surface area contributed by atoms with Gasteiger partial charge in [-0.25, -0.2) is 15.0 Å². The van der Waals surface area contributed by atoms with Gasteiger partial charge in [-0.1, -0.05) is 164 Å². The largest absolute Gasteiger partial charge is 0.456 e. The highest BCUT2D eigenvalue weighted by Crippen LogP contribution is 2.41. The van der Waals surface area contributed by atoms with E-state index < -0.39 is 0 Å². The summed E-state index contributed by atoms with van der Waals surface area (Å²) in [5.74, 6) is 1.78. The van der Waals surface area contributed by atoms with Crippen LogP contribution in [0.5, 0.6) is 0 Å². The Morgan fingerprint density at radius 2 is 0.737 bits per heavy atom. The van der Waals surface area contributed by atoms with Gasteiger partial charge in [0.05, 0.1) is 0 Å². The van der Waals surface area contributed by atoms with Gasteiger partial charge in [0.25, 0.3) is 0 Å². The summed E-state index contributed by atoms with van der Waals surface area (Å²) in [5.41, 5.74) is 11.1. The smallest absolute Gasteiger partial charge is 0.164 e. The summed E-state index contributed by atoms with van der Waals surface area (Å²) >= 11 is 0. The first-order valence-electron chi connectivity index (χ1n) is 19.2. The molecule has 0 aliphatic heterocycles. The summed E-state index contributed by atoms with van der Waals surface area (Å²) in [4.78, 5) is 15.5. The Hall–Kier alpha value is -7.69. The van der Waals surface area contributed by atoms with Gasteiger partial charge in [-0.15, -0.1) is 0 Å². The summed E-state index contributed by atoms with van der Waals surface area (Å²) in [7, 11) is 0. The zero-order valence-electron chi connectivity index (χ0n) is 30.8. The number of rotatable bonds is 6. The van der Waals surface area contributed by atoms with E-state index in [9.17, 15) is 0 Å². The van der Waals surface area contributed by atoms with Gasteiger partial charge in [-0.3, -0.25) is 0 Å². The molecule has 266 valence electrons. The van der Waals surface area contributed by atoms with Crippen LogP contribution in [0.4, 0.5) is 0 Å². The topological polar surface area (TPSA) is 51.8 Å². The maximum Gasteiger partial charge on any atom is 0.164 e. The molecule has 0 amide bonds. The van der Waals surface area contributed by atoms with Crippen LogP contribution in [0.15, 0.2) is 205 Å². The molecule has 0 saturated carbocycles. The quantitative estimate of drug-likeness (QED) is 0.171. The Morgan fingerprint density at radius 3 is 1.40 bits per heavy atom. The maximum absolute atomic E-state index is 6.69. The highest BCUT2D eigenvalue weighted by Gasteiger charge is 2.19. The minimum absolute atomic E-state index is 0.575. The van der Waals surface area contributed by atoms with Crippen LogP contribution in [0, 0.1) is 0 Å². The first-order valence-corrected chi connectivity index (χ1v) is 19.2. The SMILES string of the molecule is c1ccc(-c2ccc(-c3nc(-c4ccc5cc(-c6ccccc6)ccc5c4)nc(-c4cc(-c5ccccc5)c5c(c4)oc4cc6ccccc6cc45)n3)cc2)cc1. The molecule has 2 heterocycles. The van der Waals surface area contributed by atoms with E-state index in [1.807, 2.05) is 18.2 Å². The molecule has 4 heteroatoms. The second kappa shape index (κ2) is 13.6. The van der Waals surface area contributed by atoms with Crippen LogP contribution in [0.3, 0.4) is 0 Å². The molecule has 9 aromatic carbocycles. The third kappa shape index (κ3) is 6.01. The molecule has 0 spiro atoms. The van der Waals surface area contributed by atoms with E-state index in [1.165, 1.54) is 16.5 Å². The molecular formula is C53H33N3O. The molecule has 0 bridgehead atoms. The number of hydrogen-bond acceptors (Lipinski definition) is 4. The van der Waals surface area contributed by atoms with Crippen molar-refractivity contribution in [2.24, 2.45) is 0 Å². The Kier molecular flexibility index (Phi) is 7.78. The lowest BCUT2D eigenvalue weighted by atomic mass is 9.96. The van der Waals surface area contributed by atoms with Crippen LogP contribution in [-0.2, 0) is 0 Å². The highest BCUT2D eigenvalue weighted by molar-refractivity contribution is 6.16. The van der Waals surface area contributed by atoms with Gasteiger partial charge in [0.1, 0.15) is 11.2 Å². The van der Waals surface area contributed by atoms with E-state index in [4.69, 9.17) is 19.4 Å². The van der Waals surface area contributed by atoms with Crippen molar-refractivity contribution in [1.29, 1.82) is 0 Å². The van der Waals surface area contributed by atoms with Crippen molar-refractivity contribution in [2.75, 3.05) is 0 Å². The zero-order chi connectivity index (χ0) is 37.7. The molecule has 0 fully saturated rings. The van der Waals surface area contributed by atoms with E-state index in [1.54, 1.807) is 0 Å². The van der Waals surface area contributed by atoms with Crippen LogP contribution in [0.2, 0.25) is 0 Å². The van der Waals surface area contributed by atoms with Crippen LogP contribution >= 0.6 is 0 Å². The Bertz CT molecular complexity index is 3260. The fraction of sp³-hybridized carbons (Fsp3) is 0. The molecule has 0 atom stereocenters. The normalized spacial score (nSPS) is 11.5. The van der Waals surface area contributed by atoms with Gasteiger partial charge in [0.15, 0.2) is 17.5 Å². The predicted molar refractivity (Wildman–Crippen MR) is 235 cm³/mol. The zero-order valence-corrected chi connectivity index (χ0v) is 30.8.